The SMILES string of the molecule is CCNC(c1cnsn1)c1c(F)ccc(C)c1F. The number of halogens is 2. The first kappa shape index (κ1) is 13.0. The van der Waals surface area contributed by atoms with E-state index in [2.05, 4.69) is 14.1 Å². The Balaban J connectivity index is 2.52. The van der Waals surface area contributed by atoms with Gasteiger partial charge in [-0.05, 0) is 25.1 Å². The van der Waals surface area contributed by atoms with Gasteiger partial charge in [0.05, 0.1) is 29.7 Å². The van der Waals surface area contributed by atoms with Crippen molar-refractivity contribution >= 4 is 11.7 Å². The Hall–Kier alpha value is -1.40. The van der Waals surface area contributed by atoms with Crippen LogP contribution in [0.3, 0.4) is 0 Å². The number of nitrogens with zero attached hydrogens (tertiary/aromatic N) is 2. The zero-order valence-electron chi connectivity index (χ0n) is 10.1. The van der Waals surface area contributed by atoms with Crippen LogP contribution in [0.2, 0.25) is 0 Å². The summed E-state index contributed by atoms with van der Waals surface area (Å²) >= 11 is 1.02. The molecule has 3 nitrogen and oxygen atoms in total. The van der Waals surface area contributed by atoms with E-state index < -0.39 is 17.7 Å². The van der Waals surface area contributed by atoms with E-state index >= 15 is 0 Å². The minimum absolute atomic E-state index is 0.00421. The molecule has 96 valence electrons. The molecule has 0 aliphatic heterocycles. The van der Waals surface area contributed by atoms with Crippen LogP contribution in [0.5, 0.6) is 0 Å². The van der Waals surface area contributed by atoms with Crippen molar-refractivity contribution in [3.8, 4) is 0 Å². The number of hydrogen-bond acceptors (Lipinski definition) is 4. The minimum atomic E-state index is -0.603. The molecule has 1 N–H and O–H groups in total. The van der Waals surface area contributed by atoms with Gasteiger partial charge in [-0.2, -0.15) is 8.75 Å². The van der Waals surface area contributed by atoms with Gasteiger partial charge >= 0.3 is 0 Å². The molecule has 2 rings (SSSR count). The van der Waals surface area contributed by atoms with Gasteiger partial charge < -0.3 is 5.32 Å². The molecule has 1 unspecified atom stereocenters. The first-order valence-electron chi connectivity index (χ1n) is 5.60. The van der Waals surface area contributed by atoms with Gasteiger partial charge in [-0.3, -0.25) is 0 Å². The first-order valence-corrected chi connectivity index (χ1v) is 6.33. The van der Waals surface area contributed by atoms with E-state index in [1.165, 1.54) is 18.3 Å². The number of rotatable bonds is 4. The fourth-order valence-electron chi connectivity index (χ4n) is 1.80. The Labute approximate surface area is 108 Å². The van der Waals surface area contributed by atoms with Gasteiger partial charge in [0.2, 0.25) is 0 Å². The van der Waals surface area contributed by atoms with Crippen molar-refractivity contribution in [1.29, 1.82) is 0 Å². The lowest BCUT2D eigenvalue weighted by Gasteiger charge is -2.18. The lowest BCUT2D eigenvalue weighted by molar-refractivity contribution is 0.503. The zero-order valence-corrected chi connectivity index (χ0v) is 10.9. The molecule has 0 amide bonds. The Morgan fingerprint density at radius 1 is 1.39 bits per heavy atom. The van der Waals surface area contributed by atoms with Crippen LogP contribution in [0.4, 0.5) is 8.78 Å². The van der Waals surface area contributed by atoms with Crippen LogP contribution in [0.1, 0.15) is 29.8 Å². The third-order valence-electron chi connectivity index (χ3n) is 2.69. The van der Waals surface area contributed by atoms with Gasteiger partial charge in [0.25, 0.3) is 0 Å². The van der Waals surface area contributed by atoms with E-state index in [0.29, 0.717) is 17.8 Å². The molecule has 0 saturated carbocycles. The van der Waals surface area contributed by atoms with Crippen molar-refractivity contribution in [2.75, 3.05) is 6.54 Å². The van der Waals surface area contributed by atoms with Crippen molar-refractivity contribution in [3.05, 3.63) is 46.8 Å². The molecule has 0 saturated heterocycles. The van der Waals surface area contributed by atoms with Crippen LogP contribution in [0.25, 0.3) is 0 Å². The Morgan fingerprint density at radius 2 is 2.17 bits per heavy atom. The average Bonchev–Trinajstić information content (AvgIpc) is 2.87. The Kier molecular flexibility index (Phi) is 3.98. The second-order valence-corrected chi connectivity index (χ2v) is 4.47. The van der Waals surface area contributed by atoms with Gasteiger partial charge in [-0.15, -0.1) is 0 Å². The fraction of sp³-hybridized carbons (Fsp3) is 0.333. The predicted octanol–water partition coefficient (Wildman–Crippen LogP) is 2.82. The van der Waals surface area contributed by atoms with Crippen LogP contribution >= 0.6 is 11.7 Å². The van der Waals surface area contributed by atoms with E-state index in [1.54, 1.807) is 6.92 Å². The molecule has 18 heavy (non-hydrogen) atoms. The molecule has 2 aromatic rings. The minimum Gasteiger partial charge on any atom is -0.305 e. The molecule has 0 aliphatic carbocycles. The summed E-state index contributed by atoms with van der Waals surface area (Å²) in [5.41, 5.74) is 0.951. The highest BCUT2D eigenvalue weighted by molar-refractivity contribution is 6.99. The molecule has 0 fully saturated rings. The molecular weight excluding hydrogens is 256 g/mol. The monoisotopic (exact) mass is 269 g/mol. The predicted molar refractivity (Wildman–Crippen MR) is 66.5 cm³/mol. The molecule has 0 radical (unpaired) electrons. The van der Waals surface area contributed by atoms with E-state index in [4.69, 9.17) is 0 Å². The van der Waals surface area contributed by atoms with Crippen molar-refractivity contribution in [3.63, 3.8) is 0 Å². The van der Waals surface area contributed by atoms with Crippen LogP contribution < -0.4 is 5.32 Å². The molecule has 6 heteroatoms. The summed E-state index contributed by atoms with van der Waals surface area (Å²) in [4.78, 5) is 0. The lowest BCUT2D eigenvalue weighted by atomic mass is 10.0. The number of nitrogens with one attached hydrogen (secondary N) is 1. The summed E-state index contributed by atoms with van der Waals surface area (Å²) in [6.45, 7) is 4.06. The van der Waals surface area contributed by atoms with Gasteiger partial charge in [0.1, 0.15) is 11.6 Å². The summed E-state index contributed by atoms with van der Waals surface area (Å²) in [7, 11) is 0. The molecular formula is C12H13F2N3S. The third-order valence-corrected chi connectivity index (χ3v) is 3.18. The van der Waals surface area contributed by atoms with Crippen molar-refractivity contribution in [1.82, 2.24) is 14.1 Å². The number of hydrogen-bond donors (Lipinski definition) is 1. The average molecular weight is 269 g/mol. The van der Waals surface area contributed by atoms with Crippen LogP contribution in [0.15, 0.2) is 18.3 Å². The van der Waals surface area contributed by atoms with Crippen LogP contribution in [-0.2, 0) is 0 Å². The van der Waals surface area contributed by atoms with E-state index in [-0.39, 0.29) is 5.56 Å². The smallest absolute Gasteiger partial charge is 0.134 e. The third kappa shape index (κ3) is 2.39. The van der Waals surface area contributed by atoms with Crippen molar-refractivity contribution in [2.24, 2.45) is 0 Å². The largest absolute Gasteiger partial charge is 0.305 e. The normalized spacial score (nSPS) is 12.7. The molecule has 1 heterocycles. The molecule has 0 aliphatic rings. The zero-order chi connectivity index (χ0) is 13.1. The quantitative estimate of drug-likeness (QED) is 0.927. The summed E-state index contributed by atoms with van der Waals surface area (Å²) < 4.78 is 35.9. The Morgan fingerprint density at radius 3 is 2.78 bits per heavy atom. The molecule has 0 bridgehead atoms. The highest BCUT2D eigenvalue weighted by atomic mass is 32.1. The maximum atomic E-state index is 14.1. The summed E-state index contributed by atoms with van der Waals surface area (Å²) in [5, 5.41) is 3.03. The van der Waals surface area contributed by atoms with Gasteiger partial charge in [-0.1, -0.05) is 13.0 Å². The standard InChI is InChI=1S/C12H13F2N3S/c1-3-15-12(9-6-16-18-17-9)10-8(13)5-4-7(2)11(10)14/h4-6,12,15H,3H2,1-2H3. The second-order valence-electron chi connectivity index (χ2n) is 3.91. The fourth-order valence-corrected chi connectivity index (χ4v) is 2.25. The highest BCUT2D eigenvalue weighted by Gasteiger charge is 2.24. The van der Waals surface area contributed by atoms with Crippen molar-refractivity contribution in [2.45, 2.75) is 19.9 Å². The summed E-state index contributed by atoms with van der Waals surface area (Å²) in [6, 6.07) is 2.10. The van der Waals surface area contributed by atoms with Gasteiger partial charge in [0.15, 0.2) is 0 Å². The van der Waals surface area contributed by atoms with E-state index in [0.717, 1.165) is 11.7 Å². The van der Waals surface area contributed by atoms with Crippen molar-refractivity contribution < 1.29 is 8.78 Å². The topological polar surface area (TPSA) is 37.8 Å². The van der Waals surface area contributed by atoms with Gasteiger partial charge in [0, 0.05) is 5.56 Å². The second kappa shape index (κ2) is 5.49. The lowest BCUT2D eigenvalue weighted by Crippen LogP contribution is -2.24. The molecule has 1 aromatic heterocycles. The number of aromatic nitrogens is 2. The van der Waals surface area contributed by atoms with Gasteiger partial charge in [-0.25, -0.2) is 8.78 Å². The molecule has 0 spiro atoms. The molecule has 1 aromatic carbocycles. The van der Waals surface area contributed by atoms with E-state index in [9.17, 15) is 8.78 Å². The molecule has 1 atom stereocenters. The Bertz CT molecular complexity index is 528. The highest BCUT2D eigenvalue weighted by Crippen LogP contribution is 2.27. The maximum absolute atomic E-state index is 14.1. The number of aryl methyl sites for hydroxylation is 1. The summed E-state index contributed by atoms with van der Waals surface area (Å²) in [5.74, 6) is -1.11. The maximum Gasteiger partial charge on any atom is 0.134 e. The van der Waals surface area contributed by atoms with Crippen LogP contribution in [-0.4, -0.2) is 15.3 Å². The number of benzene rings is 1. The van der Waals surface area contributed by atoms with Crippen LogP contribution in [0, 0.1) is 18.6 Å². The summed E-state index contributed by atoms with van der Waals surface area (Å²) in [6.07, 6.45) is 1.53. The van der Waals surface area contributed by atoms with E-state index in [1.807, 2.05) is 6.92 Å². The first-order chi connectivity index (χ1) is 8.65.